The summed E-state index contributed by atoms with van der Waals surface area (Å²) >= 11 is 0. The Morgan fingerprint density at radius 3 is 2.87 bits per heavy atom. The van der Waals surface area contributed by atoms with Gasteiger partial charge in [-0.1, -0.05) is 12.1 Å². The Morgan fingerprint density at radius 2 is 2.09 bits per heavy atom. The Labute approximate surface area is 133 Å². The van der Waals surface area contributed by atoms with E-state index >= 15 is 0 Å². The zero-order chi connectivity index (χ0) is 16.2. The fraction of sp³-hybridized carbons (Fsp3) is 0.176. The van der Waals surface area contributed by atoms with Crippen molar-refractivity contribution in [2.45, 2.75) is 13.5 Å². The molecule has 1 aromatic heterocycles. The summed E-state index contributed by atoms with van der Waals surface area (Å²) in [7, 11) is 0. The van der Waals surface area contributed by atoms with Gasteiger partial charge in [-0.2, -0.15) is 0 Å². The molecule has 0 aliphatic heterocycles. The van der Waals surface area contributed by atoms with Crippen LogP contribution in [0.15, 0.2) is 48.7 Å². The molecule has 3 aromatic rings. The second kappa shape index (κ2) is 6.39. The summed E-state index contributed by atoms with van der Waals surface area (Å²) < 4.78 is 5.75. The van der Waals surface area contributed by atoms with E-state index in [9.17, 15) is 10.1 Å². The fourth-order valence-electron chi connectivity index (χ4n) is 2.50. The number of anilines is 1. The maximum absolute atomic E-state index is 11.0. The third-order valence-corrected chi connectivity index (χ3v) is 3.60. The van der Waals surface area contributed by atoms with Crippen LogP contribution in [-0.4, -0.2) is 16.5 Å². The molecule has 3 rings (SSSR count). The van der Waals surface area contributed by atoms with E-state index in [0.29, 0.717) is 11.3 Å². The standard InChI is InChI=1S/C17H17N3O3/c1-2-18-16-10-19-15-8-7-13(9-14(15)16)23-11-12-5-3-4-6-17(12)20(21)22/h3-10,18-19H,2,11H2,1H3. The predicted octanol–water partition coefficient (Wildman–Crippen LogP) is 4.09. The van der Waals surface area contributed by atoms with Crippen molar-refractivity contribution >= 4 is 22.3 Å². The SMILES string of the molecule is CCNc1c[nH]c2ccc(OCc3ccccc3[N+](=O)[O-])cc12. The molecule has 2 N–H and O–H groups in total. The first-order chi connectivity index (χ1) is 11.2. The zero-order valence-electron chi connectivity index (χ0n) is 12.7. The second-order valence-corrected chi connectivity index (χ2v) is 5.11. The lowest BCUT2D eigenvalue weighted by Crippen LogP contribution is -2.00. The number of para-hydroxylation sites is 1. The molecule has 2 aromatic carbocycles. The molecule has 0 radical (unpaired) electrons. The number of ether oxygens (including phenoxy) is 1. The lowest BCUT2D eigenvalue weighted by atomic mass is 10.2. The first kappa shape index (κ1) is 14.9. The number of fused-ring (bicyclic) bond motifs is 1. The summed E-state index contributed by atoms with van der Waals surface area (Å²) in [5.74, 6) is 0.675. The van der Waals surface area contributed by atoms with Crippen molar-refractivity contribution in [1.82, 2.24) is 4.98 Å². The molecular formula is C17H17N3O3. The highest BCUT2D eigenvalue weighted by Crippen LogP contribution is 2.28. The number of H-pyrrole nitrogens is 1. The number of hydrogen-bond acceptors (Lipinski definition) is 4. The quantitative estimate of drug-likeness (QED) is 0.531. The van der Waals surface area contributed by atoms with Gasteiger partial charge in [-0.3, -0.25) is 10.1 Å². The first-order valence-corrected chi connectivity index (χ1v) is 7.39. The number of nitrogens with zero attached hydrogens (tertiary/aromatic N) is 1. The van der Waals surface area contributed by atoms with E-state index in [1.54, 1.807) is 18.2 Å². The van der Waals surface area contributed by atoms with Crippen LogP contribution in [0.2, 0.25) is 0 Å². The molecule has 0 aliphatic carbocycles. The molecular weight excluding hydrogens is 294 g/mol. The van der Waals surface area contributed by atoms with Crippen LogP contribution in [0.5, 0.6) is 5.75 Å². The normalized spacial score (nSPS) is 10.7. The van der Waals surface area contributed by atoms with E-state index in [0.717, 1.165) is 23.1 Å². The molecule has 0 fully saturated rings. The maximum atomic E-state index is 11.0. The molecule has 0 aliphatic rings. The Bertz CT molecular complexity index is 842. The van der Waals surface area contributed by atoms with Crippen molar-refractivity contribution in [2.75, 3.05) is 11.9 Å². The summed E-state index contributed by atoms with van der Waals surface area (Å²) in [5.41, 5.74) is 2.65. The molecule has 6 heteroatoms. The van der Waals surface area contributed by atoms with E-state index in [-0.39, 0.29) is 12.3 Å². The number of nitrogens with one attached hydrogen (secondary N) is 2. The van der Waals surface area contributed by atoms with Crippen molar-refractivity contribution in [3.63, 3.8) is 0 Å². The van der Waals surface area contributed by atoms with Crippen LogP contribution >= 0.6 is 0 Å². The topological polar surface area (TPSA) is 80.2 Å². The summed E-state index contributed by atoms with van der Waals surface area (Å²) in [5, 5.41) is 15.3. The molecule has 6 nitrogen and oxygen atoms in total. The molecule has 0 unspecified atom stereocenters. The molecule has 118 valence electrons. The van der Waals surface area contributed by atoms with Gasteiger partial charge < -0.3 is 15.0 Å². The van der Waals surface area contributed by atoms with Crippen LogP contribution in [0.3, 0.4) is 0 Å². The van der Waals surface area contributed by atoms with Crippen LogP contribution < -0.4 is 10.1 Å². The van der Waals surface area contributed by atoms with Crippen LogP contribution in [0.4, 0.5) is 11.4 Å². The molecule has 0 atom stereocenters. The van der Waals surface area contributed by atoms with E-state index in [1.807, 2.05) is 31.3 Å². The summed E-state index contributed by atoms with van der Waals surface area (Å²) in [6.45, 7) is 3.02. The molecule has 1 heterocycles. The van der Waals surface area contributed by atoms with E-state index in [2.05, 4.69) is 10.3 Å². The number of nitro benzene ring substituents is 1. The number of hydrogen-bond donors (Lipinski definition) is 2. The van der Waals surface area contributed by atoms with E-state index in [4.69, 9.17) is 4.74 Å². The lowest BCUT2D eigenvalue weighted by molar-refractivity contribution is -0.385. The average Bonchev–Trinajstić information content (AvgIpc) is 2.96. The fourth-order valence-corrected chi connectivity index (χ4v) is 2.50. The number of nitro groups is 1. The van der Waals surface area contributed by atoms with Crippen LogP contribution in [0.25, 0.3) is 10.9 Å². The second-order valence-electron chi connectivity index (χ2n) is 5.11. The van der Waals surface area contributed by atoms with Crippen LogP contribution in [0, 0.1) is 10.1 Å². The molecule has 0 saturated heterocycles. The number of aromatic nitrogens is 1. The molecule has 0 bridgehead atoms. The van der Waals surface area contributed by atoms with E-state index < -0.39 is 4.92 Å². The molecule has 0 saturated carbocycles. The molecule has 0 spiro atoms. The van der Waals surface area contributed by atoms with Gasteiger partial charge in [-0.15, -0.1) is 0 Å². The highest BCUT2D eigenvalue weighted by molar-refractivity contribution is 5.93. The van der Waals surface area contributed by atoms with Crippen molar-refractivity contribution in [3.8, 4) is 5.75 Å². The number of benzene rings is 2. The number of rotatable bonds is 6. The smallest absolute Gasteiger partial charge is 0.276 e. The lowest BCUT2D eigenvalue weighted by Gasteiger charge is -2.08. The zero-order valence-corrected chi connectivity index (χ0v) is 12.7. The van der Waals surface area contributed by atoms with Crippen molar-refractivity contribution in [1.29, 1.82) is 0 Å². The molecule has 0 amide bonds. The number of aromatic amines is 1. The Morgan fingerprint density at radius 1 is 1.26 bits per heavy atom. The van der Waals surface area contributed by atoms with Gasteiger partial charge in [0.25, 0.3) is 5.69 Å². The largest absolute Gasteiger partial charge is 0.489 e. The molecule has 23 heavy (non-hydrogen) atoms. The summed E-state index contributed by atoms with van der Waals surface area (Å²) in [6, 6.07) is 12.3. The average molecular weight is 311 g/mol. The summed E-state index contributed by atoms with van der Waals surface area (Å²) in [6.07, 6.45) is 1.92. The van der Waals surface area contributed by atoms with Crippen LogP contribution in [0.1, 0.15) is 12.5 Å². The highest BCUT2D eigenvalue weighted by atomic mass is 16.6. The monoisotopic (exact) mass is 311 g/mol. The minimum atomic E-state index is -0.392. The first-order valence-electron chi connectivity index (χ1n) is 7.39. The third-order valence-electron chi connectivity index (χ3n) is 3.60. The van der Waals surface area contributed by atoms with Gasteiger partial charge in [-0.05, 0) is 31.2 Å². The van der Waals surface area contributed by atoms with Gasteiger partial charge in [0, 0.05) is 29.7 Å². The highest BCUT2D eigenvalue weighted by Gasteiger charge is 2.13. The van der Waals surface area contributed by atoms with Crippen molar-refractivity contribution in [2.24, 2.45) is 0 Å². The predicted molar refractivity (Wildman–Crippen MR) is 89.9 cm³/mol. The Balaban J connectivity index is 1.82. The Hall–Kier alpha value is -3.02. The maximum Gasteiger partial charge on any atom is 0.276 e. The van der Waals surface area contributed by atoms with Crippen LogP contribution in [-0.2, 0) is 6.61 Å². The van der Waals surface area contributed by atoms with Crippen molar-refractivity contribution < 1.29 is 9.66 Å². The van der Waals surface area contributed by atoms with Gasteiger partial charge in [-0.25, -0.2) is 0 Å². The van der Waals surface area contributed by atoms with Gasteiger partial charge >= 0.3 is 0 Å². The minimum Gasteiger partial charge on any atom is -0.489 e. The Kier molecular flexibility index (Phi) is 4.14. The van der Waals surface area contributed by atoms with Gasteiger partial charge in [0.15, 0.2) is 0 Å². The third kappa shape index (κ3) is 3.11. The van der Waals surface area contributed by atoms with Gasteiger partial charge in [0.2, 0.25) is 0 Å². The van der Waals surface area contributed by atoms with Crippen molar-refractivity contribution in [3.05, 3.63) is 64.3 Å². The van der Waals surface area contributed by atoms with Gasteiger partial charge in [0.1, 0.15) is 12.4 Å². The van der Waals surface area contributed by atoms with E-state index in [1.165, 1.54) is 6.07 Å². The minimum absolute atomic E-state index is 0.0727. The van der Waals surface area contributed by atoms with Gasteiger partial charge in [0.05, 0.1) is 16.2 Å². The summed E-state index contributed by atoms with van der Waals surface area (Å²) in [4.78, 5) is 13.8.